The number of hydrogen-bond donors (Lipinski definition) is 2. The molecule has 0 aliphatic heterocycles. The molecule has 116 valence electrons. The molecule has 0 saturated carbocycles. The van der Waals surface area contributed by atoms with E-state index in [4.69, 9.17) is 10.2 Å². The lowest BCUT2D eigenvalue weighted by Crippen LogP contribution is -1.95. The van der Waals surface area contributed by atoms with Crippen molar-refractivity contribution in [1.82, 2.24) is 0 Å². The van der Waals surface area contributed by atoms with Gasteiger partial charge in [-0.1, -0.05) is 60.3 Å². The minimum atomic E-state index is -1.11. The first kappa shape index (κ1) is 16.6. The molecule has 0 fully saturated rings. The van der Waals surface area contributed by atoms with Gasteiger partial charge in [-0.3, -0.25) is 0 Å². The zero-order chi connectivity index (χ0) is 16.5. The first-order valence-electron chi connectivity index (χ1n) is 6.96. The molecule has 0 saturated heterocycles. The van der Waals surface area contributed by atoms with E-state index in [-0.39, 0.29) is 11.3 Å². The highest BCUT2D eigenvalue weighted by Crippen LogP contribution is 2.26. The van der Waals surface area contributed by atoms with E-state index in [1.165, 1.54) is 21.9 Å². The summed E-state index contributed by atoms with van der Waals surface area (Å²) in [5.41, 5.74) is -0.0671. The van der Waals surface area contributed by atoms with Gasteiger partial charge in [-0.2, -0.15) is 0 Å². The minimum Gasteiger partial charge on any atom is -0.507 e. The summed E-state index contributed by atoms with van der Waals surface area (Å²) in [6, 6.07) is 26.6. The van der Waals surface area contributed by atoms with Gasteiger partial charge in [-0.05, 0) is 36.4 Å². The Kier molecular flexibility index (Phi) is 6.27. The maximum absolute atomic E-state index is 10.3. The Morgan fingerprint density at radius 2 is 1.13 bits per heavy atom. The summed E-state index contributed by atoms with van der Waals surface area (Å²) in [5, 5.41) is 17.3. The number of aromatic hydroxyl groups is 1. The lowest BCUT2D eigenvalue weighted by atomic mass is 10.2. The highest BCUT2D eigenvalue weighted by molar-refractivity contribution is 7.99. The molecule has 0 atom stereocenters. The van der Waals surface area contributed by atoms with Gasteiger partial charge in [0.2, 0.25) is 0 Å². The molecular weight excluding hydrogens is 308 g/mol. The van der Waals surface area contributed by atoms with Gasteiger partial charge in [0.05, 0.1) is 0 Å². The number of benzene rings is 3. The van der Waals surface area contributed by atoms with Crippen molar-refractivity contribution in [3.8, 4) is 5.75 Å². The maximum Gasteiger partial charge on any atom is 0.339 e. The van der Waals surface area contributed by atoms with Gasteiger partial charge in [-0.15, -0.1) is 0 Å². The molecular formula is C19H16O3S. The van der Waals surface area contributed by atoms with Crippen molar-refractivity contribution in [2.75, 3.05) is 0 Å². The third-order valence-electron chi connectivity index (χ3n) is 2.86. The molecule has 0 aromatic heterocycles. The van der Waals surface area contributed by atoms with Gasteiger partial charge in [-0.25, -0.2) is 4.79 Å². The minimum absolute atomic E-state index is 0.0671. The molecule has 3 rings (SSSR count). The van der Waals surface area contributed by atoms with E-state index in [0.717, 1.165) is 0 Å². The van der Waals surface area contributed by atoms with E-state index >= 15 is 0 Å². The predicted octanol–water partition coefficient (Wildman–Crippen LogP) is 4.93. The quantitative estimate of drug-likeness (QED) is 0.717. The first-order chi connectivity index (χ1) is 11.2. The molecule has 0 heterocycles. The van der Waals surface area contributed by atoms with E-state index in [1.54, 1.807) is 23.9 Å². The Labute approximate surface area is 139 Å². The largest absolute Gasteiger partial charge is 0.507 e. The molecule has 2 N–H and O–H groups in total. The molecule has 0 amide bonds. The lowest BCUT2D eigenvalue weighted by Gasteiger charge is -1.99. The van der Waals surface area contributed by atoms with Crippen LogP contribution in [0, 0.1) is 0 Å². The van der Waals surface area contributed by atoms with Crippen LogP contribution in [-0.4, -0.2) is 16.2 Å². The van der Waals surface area contributed by atoms with Crippen LogP contribution in [0.15, 0.2) is 94.7 Å². The first-order valence-corrected chi connectivity index (χ1v) is 7.77. The highest BCUT2D eigenvalue weighted by atomic mass is 32.2. The Hall–Kier alpha value is -2.72. The van der Waals surface area contributed by atoms with Crippen LogP contribution in [0.1, 0.15) is 10.4 Å². The summed E-state index contributed by atoms with van der Waals surface area (Å²) in [5.74, 6) is -1.31. The number of para-hydroxylation sites is 1. The zero-order valence-electron chi connectivity index (χ0n) is 12.3. The van der Waals surface area contributed by atoms with Crippen LogP contribution >= 0.6 is 11.8 Å². The molecule has 0 radical (unpaired) electrons. The standard InChI is InChI=1S/C12H10S.C7H6O3/c1-3-7-11(8-4-1)13-12-9-5-2-6-10-12;8-6-4-2-1-3-5(6)7(9)10/h1-10H;1-4,8H,(H,9,10). The fourth-order valence-electron chi connectivity index (χ4n) is 1.77. The number of carboxylic acids is 1. The summed E-state index contributed by atoms with van der Waals surface area (Å²) in [6.45, 7) is 0. The van der Waals surface area contributed by atoms with Gasteiger partial charge in [0.25, 0.3) is 0 Å². The smallest absolute Gasteiger partial charge is 0.339 e. The topological polar surface area (TPSA) is 57.5 Å². The van der Waals surface area contributed by atoms with Crippen LogP contribution in [0.2, 0.25) is 0 Å². The molecule has 0 aliphatic carbocycles. The van der Waals surface area contributed by atoms with E-state index in [0.29, 0.717) is 0 Å². The van der Waals surface area contributed by atoms with Crippen LogP contribution in [0.4, 0.5) is 0 Å². The molecule has 0 spiro atoms. The molecule has 0 aliphatic rings. The normalized spacial score (nSPS) is 9.57. The second-order valence-electron chi connectivity index (χ2n) is 4.55. The summed E-state index contributed by atoms with van der Waals surface area (Å²) in [4.78, 5) is 12.8. The summed E-state index contributed by atoms with van der Waals surface area (Å²) < 4.78 is 0. The van der Waals surface area contributed by atoms with Crippen molar-refractivity contribution in [2.45, 2.75) is 9.79 Å². The third-order valence-corrected chi connectivity index (χ3v) is 3.87. The number of hydrogen-bond acceptors (Lipinski definition) is 3. The molecule has 3 aromatic carbocycles. The SMILES string of the molecule is O=C(O)c1ccccc1O.c1ccc(Sc2ccccc2)cc1. The van der Waals surface area contributed by atoms with Crippen molar-refractivity contribution in [2.24, 2.45) is 0 Å². The van der Waals surface area contributed by atoms with Crippen molar-refractivity contribution >= 4 is 17.7 Å². The van der Waals surface area contributed by atoms with Crippen molar-refractivity contribution in [1.29, 1.82) is 0 Å². The van der Waals surface area contributed by atoms with Crippen molar-refractivity contribution in [3.63, 3.8) is 0 Å². The second kappa shape index (κ2) is 8.66. The Morgan fingerprint density at radius 3 is 1.52 bits per heavy atom. The fraction of sp³-hybridized carbons (Fsp3) is 0. The van der Waals surface area contributed by atoms with Gasteiger partial charge >= 0.3 is 5.97 Å². The third kappa shape index (κ3) is 5.52. The van der Waals surface area contributed by atoms with E-state index in [2.05, 4.69) is 48.5 Å². The van der Waals surface area contributed by atoms with Crippen LogP contribution in [-0.2, 0) is 0 Å². The zero-order valence-corrected chi connectivity index (χ0v) is 13.1. The highest BCUT2D eigenvalue weighted by Gasteiger charge is 2.05. The lowest BCUT2D eigenvalue weighted by molar-refractivity contribution is 0.0693. The second-order valence-corrected chi connectivity index (χ2v) is 5.70. The summed E-state index contributed by atoms with van der Waals surface area (Å²) in [6.07, 6.45) is 0. The van der Waals surface area contributed by atoms with Gasteiger partial charge in [0, 0.05) is 9.79 Å². The van der Waals surface area contributed by atoms with Gasteiger partial charge in [0.1, 0.15) is 11.3 Å². The predicted molar refractivity (Wildman–Crippen MR) is 92.1 cm³/mol. The van der Waals surface area contributed by atoms with E-state index in [9.17, 15) is 4.79 Å². The van der Waals surface area contributed by atoms with Crippen LogP contribution < -0.4 is 0 Å². The van der Waals surface area contributed by atoms with Crippen LogP contribution in [0.3, 0.4) is 0 Å². The van der Waals surface area contributed by atoms with Gasteiger partial charge in [0.15, 0.2) is 0 Å². The van der Waals surface area contributed by atoms with Crippen molar-refractivity contribution < 1.29 is 15.0 Å². The number of rotatable bonds is 3. The molecule has 23 heavy (non-hydrogen) atoms. The fourth-order valence-corrected chi connectivity index (χ4v) is 2.63. The van der Waals surface area contributed by atoms with E-state index < -0.39 is 5.97 Å². The van der Waals surface area contributed by atoms with Crippen molar-refractivity contribution in [3.05, 3.63) is 90.5 Å². The Bertz CT molecular complexity index is 705. The molecule has 3 nitrogen and oxygen atoms in total. The van der Waals surface area contributed by atoms with Crippen LogP contribution in [0.25, 0.3) is 0 Å². The number of phenols is 1. The maximum atomic E-state index is 10.3. The molecule has 4 heteroatoms. The average molecular weight is 324 g/mol. The molecule has 3 aromatic rings. The molecule has 0 bridgehead atoms. The Morgan fingerprint density at radius 1 is 0.696 bits per heavy atom. The van der Waals surface area contributed by atoms with Crippen LogP contribution in [0.5, 0.6) is 5.75 Å². The summed E-state index contributed by atoms with van der Waals surface area (Å²) >= 11 is 1.79. The number of aromatic carboxylic acids is 1. The molecule has 0 unspecified atom stereocenters. The Balaban J connectivity index is 0.000000174. The number of carbonyl (C=O) groups is 1. The van der Waals surface area contributed by atoms with E-state index in [1.807, 2.05) is 12.1 Å². The summed E-state index contributed by atoms with van der Waals surface area (Å²) in [7, 11) is 0. The monoisotopic (exact) mass is 324 g/mol. The number of carboxylic acid groups (broad SMARTS) is 1. The average Bonchev–Trinajstić information content (AvgIpc) is 2.57. The van der Waals surface area contributed by atoms with Gasteiger partial charge < -0.3 is 10.2 Å².